The lowest BCUT2D eigenvalue weighted by Gasteiger charge is -2.07. The van der Waals surface area contributed by atoms with Crippen LogP contribution in [0.5, 0.6) is 0 Å². The van der Waals surface area contributed by atoms with E-state index in [1.54, 1.807) is 11.3 Å². The summed E-state index contributed by atoms with van der Waals surface area (Å²) in [6.07, 6.45) is 4.75. The van der Waals surface area contributed by atoms with E-state index in [1.165, 1.54) is 0 Å². The third-order valence-corrected chi connectivity index (χ3v) is 4.85. The number of aromatic nitrogens is 3. The van der Waals surface area contributed by atoms with Crippen molar-refractivity contribution in [2.45, 2.75) is 20.0 Å². The molecule has 0 unspecified atom stereocenters. The summed E-state index contributed by atoms with van der Waals surface area (Å²) < 4.78 is 7.74. The van der Waals surface area contributed by atoms with E-state index in [0.717, 1.165) is 45.9 Å². The summed E-state index contributed by atoms with van der Waals surface area (Å²) in [6, 6.07) is 14.7. The Labute approximate surface area is 150 Å². The molecule has 2 heterocycles. The minimum atomic E-state index is 0.635. The second-order valence-electron chi connectivity index (χ2n) is 5.88. The Balaban J connectivity index is 1.67. The number of rotatable bonds is 6. The average molecular weight is 349 g/mol. The van der Waals surface area contributed by atoms with Crippen molar-refractivity contribution in [1.82, 2.24) is 14.5 Å². The quantitative estimate of drug-likeness (QED) is 0.456. The summed E-state index contributed by atoms with van der Waals surface area (Å²) in [4.78, 5) is 8.97. The highest BCUT2D eigenvalue weighted by atomic mass is 32.1. The first kappa shape index (κ1) is 16.0. The Morgan fingerprint density at radius 2 is 2.08 bits per heavy atom. The summed E-state index contributed by atoms with van der Waals surface area (Å²) in [5.74, 6) is 0. The maximum Gasteiger partial charge on any atom is 0.123 e. The van der Waals surface area contributed by atoms with Crippen LogP contribution in [0.25, 0.3) is 27.3 Å². The van der Waals surface area contributed by atoms with Crippen LogP contribution >= 0.6 is 11.3 Å². The molecule has 0 spiro atoms. The van der Waals surface area contributed by atoms with Gasteiger partial charge in [0.15, 0.2) is 0 Å². The van der Waals surface area contributed by atoms with Crippen LogP contribution in [0.3, 0.4) is 0 Å². The van der Waals surface area contributed by atoms with Gasteiger partial charge in [0, 0.05) is 29.4 Å². The van der Waals surface area contributed by atoms with Crippen LogP contribution < -0.4 is 0 Å². The van der Waals surface area contributed by atoms with Crippen molar-refractivity contribution in [2.24, 2.45) is 0 Å². The fourth-order valence-electron chi connectivity index (χ4n) is 2.84. The number of hydrogen-bond donors (Lipinski definition) is 0. The molecule has 5 heteroatoms. The summed E-state index contributed by atoms with van der Waals surface area (Å²) in [6.45, 7) is 3.54. The molecule has 4 rings (SSSR count). The number of benzene rings is 2. The van der Waals surface area contributed by atoms with E-state index in [4.69, 9.17) is 4.74 Å². The van der Waals surface area contributed by atoms with E-state index < -0.39 is 0 Å². The first-order chi connectivity index (χ1) is 12.3. The molecular formula is C20H19N3OS. The standard InChI is InChI=1S/C20H19N3OS/c1-2-9-24-13-15-6-7-19-18(11-15)22-14-23(19)17-5-3-4-16(12-17)20-21-8-10-25-20/h3-8,10-12,14H,2,9,13H2,1H3. The molecule has 2 aromatic heterocycles. The van der Waals surface area contributed by atoms with E-state index in [-0.39, 0.29) is 0 Å². The maximum atomic E-state index is 5.63. The van der Waals surface area contributed by atoms with E-state index in [2.05, 4.69) is 63.9 Å². The molecule has 0 amide bonds. The highest BCUT2D eigenvalue weighted by Gasteiger charge is 2.08. The van der Waals surface area contributed by atoms with Gasteiger partial charge in [0.25, 0.3) is 0 Å². The first-order valence-corrected chi connectivity index (χ1v) is 9.27. The molecule has 4 aromatic rings. The maximum absolute atomic E-state index is 5.63. The van der Waals surface area contributed by atoms with Gasteiger partial charge in [-0.2, -0.15) is 0 Å². The predicted molar refractivity (Wildman–Crippen MR) is 102 cm³/mol. The monoisotopic (exact) mass is 349 g/mol. The van der Waals surface area contributed by atoms with E-state index in [0.29, 0.717) is 6.61 Å². The van der Waals surface area contributed by atoms with E-state index in [1.807, 2.05) is 17.9 Å². The average Bonchev–Trinajstić information content (AvgIpc) is 3.32. The highest BCUT2D eigenvalue weighted by Crippen LogP contribution is 2.26. The lowest BCUT2D eigenvalue weighted by atomic mass is 10.2. The number of nitrogens with zero attached hydrogens (tertiary/aromatic N) is 3. The smallest absolute Gasteiger partial charge is 0.123 e. The first-order valence-electron chi connectivity index (χ1n) is 8.39. The van der Waals surface area contributed by atoms with Crippen LogP contribution in [0.1, 0.15) is 18.9 Å². The van der Waals surface area contributed by atoms with Gasteiger partial charge >= 0.3 is 0 Å². The number of hydrogen-bond acceptors (Lipinski definition) is 4. The lowest BCUT2D eigenvalue weighted by molar-refractivity contribution is 0.121. The van der Waals surface area contributed by atoms with E-state index >= 15 is 0 Å². The van der Waals surface area contributed by atoms with Crippen molar-refractivity contribution in [3.8, 4) is 16.3 Å². The Morgan fingerprint density at radius 1 is 1.12 bits per heavy atom. The zero-order chi connectivity index (χ0) is 17.1. The van der Waals surface area contributed by atoms with Gasteiger partial charge in [-0.05, 0) is 36.2 Å². The fraction of sp³-hybridized carbons (Fsp3) is 0.200. The number of fused-ring (bicyclic) bond motifs is 1. The number of imidazole rings is 1. The Bertz CT molecular complexity index is 976. The van der Waals surface area contributed by atoms with Gasteiger partial charge in [0.1, 0.15) is 11.3 Å². The zero-order valence-electron chi connectivity index (χ0n) is 14.1. The van der Waals surface area contributed by atoms with Crippen molar-refractivity contribution < 1.29 is 4.74 Å². The summed E-state index contributed by atoms with van der Waals surface area (Å²) in [5, 5.41) is 3.03. The molecule has 0 bridgehead atoms. The largest absolute Gasteiger partial charge is 0.377 e. The van der Waals surface area contributed by atoms with Gasteiger partial charge in [-0.1, -0.05) is 25.1 Å². The molecule has 126 valence electrons. The highest BCUT2D eigenvalue weighted by molar-refractivity contribution is 7.13. The molecule has 0 aliphatic carbocycles. The van der Waals surface area contributed by atoms with Crippen molar-refractivity contribution in [1.29, 1.82) is 0 Å². The van der Waals surface area contributed by atoms with Crippen LogP contribution in [-0.2, 0) is 11.3 Å². The Morgan fingerprint density at radius 3 is 2.92 bits per heavy atom. The molecular weight excluding hydrogens is 330 g/mol. The zero-order valence-corrected chi connectivity index (χ0v) is 14.9. The van der Waals surface area contributed by atoms with Gasteiger partial charge < -0.3 is 4.74 Å². The van der Waals surface area contributed by atoms with E-state index in [9.17, 15) is 0 Å². The lowest BCUT2D eigenvalue weighted by Crippen LogP contribution is -1.95. The van der Waals surface area contributed by atoms with Crippen LogP contribution in [-0.4, -0.2) is 21.1 Å². The fourth-order valence-corrected chi connectivity index (χ4v) is 3.48. The van der Waals surface area contributed by atoms with Crippen LogP contribution in [0.15, 0.2) is 60.4 Å². The normalized spacial score (nSPS) is 11.2. The Hall–Kier alpha value is -2.50. The molecule has 25 heavy (non-hydrogen) atoms. The van der Waals surface area contributed by atoms with Gasteiger partial charge in [-0.15, -0.1) is 11.3 Å². The molecule has 2 aromatic carbocycles. The minimum absolute atomic E-state index is 0.635. The van der Waals surface area contributed by atoms with Gasteiger partial charge in [0.2, 0.25) is 0 Å². The second-order valence-corrected chi connectivity index (χ2v) is 6.77. The second kappa shape index (κ2) is 7.17. The van der Waals surface area contributed by atoms with Crippen molar-refractivity contribution in [3.05, 3.63) is 65.9 Å². The third-order valence-electron chi connectivity index (χ3n) is 4.03. The minimum Gasteiger partial charge on any atom is -0.377 e. The van der Waals surface area contributed by atoms with Gasteiger partial charge in [0.05, 0.1) is 17.6 Å². The molecule has 0 atom stereocenters. The summed E-state index contributed by atoms with van der Waals surface area (Å²) in [5.41, 5.74) is 5.44. The summed E-state index contributed by atoms with van der Waals surface area (Å²) in [7, 11) is 0. The number of thiazole rings is 1. The van der Waals surface area contributed by atoms with Crippen molar-refractivity contribution >= 4 is 22.4 Å². The van der Waals surface area contributed by atoms with Crippen molar-refractivity contribution in [3.63, 3.8) is 0 Å². The van der Waals surface area contributed by atoms with Crippen LogP contribution in [0.4, 0.5) is 0 Å². The molecule has 0 saturated heterocycles. The topological polar surface area (TPSA) is 39.9 Å². The predicted octanol–water partition coefficient (Wildman–Crippen LogP) is 5.08. The molecule has 0 N–H and O–H groups in total. The molecule has 0 aliphatic rings. The van der Waals surface area contributed by atoms with Gasteiger partial charge in [-0.25, -0.2) is 9.97 Å². The van der Waals surface area contributed by atoms with Crippen LogP contribution in [0.2, 0.25) is 0 Å². The van der Waals surface area contributed by atoms with Gasteiger partial charge in [-0.3, -0.25) is 4.57 Å². The summed E-state index contributed by atoms with van der Waals surface area (Å²) >= 11 is 1.65. The SMILES string of the molecule is CCCOCc1ccc2c(c1)ncn2-c1cccc(-c2nccs2)c1. The van der Waals surface area contributed by atoms with Crippen molar-refractivity contribution in [2.75, 3.05) is 6.61 Å². The molecule has 4 nitrogen and oxygen atoms in total. The molecule has 0 saturated carbocycles. The number of ether oxygens (including phenoxy) is 1. The molecule has 0 aliphatic heterocycles. The Kier molecular flexibility index (Phi) is 4.59. The third kappa shape index (κ3) is 3.34. The van der Waals surface area contributed by atoms with Crippen LogP contribution in [0, 0.1) is 0 Å². The molecule has 0 radical (unpaired) electrons. The molecule has 0 fully saturated rings.